The van der Waals surface area contributed by atoms with Crippen molar-refractivity contribution in [2.24, 2.45) is 17.6 Å². The second-order valence-electron chi connectivity index (χ2n) is 5.32. The first-order valence-corrected chi connectivity index (χ1v) is 7.17. The van der Waals surface area contributed by atoms with Gasteiger partial charge in [0.25, 0.3) is 0 Å². The van der Waals surface area contributed by atoms with E-state index in [-0.39, 0.29) is 11.8 Å². The zero-order valence-corrected chi connectivity index (χ0v) is 11.3. The molecule has 0 atom stereocenters. The first kappa shape index (κ1) is 14.0. The normalized spacial score (nSPS) is 23.0. The summed E-state index contributed by atoms with van der Waals surface area (Å²) >= 11 is 0. The van der Waals surface area contributed by atoms with Gasteiger partial charge in [0.15, 0.2) is 0 Å². The van der Waals surface area contributed by atoms with E-state index in [0.717, 1.165) is 44.3 Å². The van der Waals surface area contributed by atoms with Crippen molar-refractivity contribution in [2.45, 2.75) is 32.1 Å². The largest absolute Gasteiger partial charge is 0.355 e. The molecule has 1 fully saturated rings. The molecule has 1 aromatic heterocycles. The Morgan fingerprint density at radius 2 is 2.11 bits per heavy atom. The van der Waals surface area contributed by atoms with Gasteiger partial charge in [0, 0.05) is 30.8 Å². The first-order valence-electron chi connectivity index (χ1n) is 7.17. The van der Waals surface area contributed by atoms with Crippen molar-refractivity contribution in [2.75, 3.05) is 13.1 Å². The molecule has 104 valence electrons. The highest BCUT2D eigenvalue weighted by Crippen LogP contribution is 2.28. The minimum Gasteiger partial charge on any atom is -0.355 e. The van der Waals surface area contributed by atoms with Crippen LogP contribution in [0.25, 0.3) is 0 Å². The molecule has 0 bridgehead atoms. The van der Waals surface area contributed by atoms with Crippen LogP contribution in [-0.2, 0) is 11.2 Å². The van der Waals surface area contributed by atoms with Gasteiger partial charge in [0.05, 0.1) is 0 Å². The summed E-state index contributed by atoms with van der Waals surface area (Å²) < 4.78 is 0. The third-order valence-corrected chi connectivity index (χ3v) is 3.96. The predicted octanol–water partition coefficient (Wildman–Crippen LogP) is 1.51. The lowest BCUT2D eigenvalue weighted by atomic mass is 9.81. The number of rotatable bonds is 5. The monoisotopic (exact) mass is 261 g/mol. The van der Waals surface area contributed by atoms with Crippen molar-refractivity contribution < 1.29 is 4.79 Å². The molecule has 4 nitrogen and oxygen atoms in total. The van der Waals surface area contributed by atoms with Crippen molar-refractivity contribution in [1.82, 2.24) is 10.3 Å². The Balaban J connectivity index is 1.67. The summed E-state index contributed by atoms with van der Waals surface area (Å²) in [5.74, 6) is 1.01. The van der Waals surface area contributed by atoms with Crippen molar-refractivity contribution in [3.63, 3.8) is 0 Å². The fraction of sp³-hybridized carbons (Fsp3) is 0.600. The second kappa shape index (κ2) is 7.24. The average Bonchev–Trinajstić information content (AvgIpc) is 2.48. The summed E-state index contributed by atoms with van der Waals surface area (Å²) in [4.78, 5) is 16.3. The number of carbonyl (C=O) groups excluding carboxylic acids is 1. The van der Waals surface area contributed by atoms with Crippen LogP contribution in [0, 0.1) is 11.8 Å². The number of nitrogens with zero attached hydrogens (tertiary/aromatic N) is 1. The van der Waals surface area contributed by atoms with Crippen LogP contribution in [0.2, 0.25) is 0 Å². The van der Waals surface area contributed by atoms with Crippen molar-refractivity contribution in [1.29, 1.82) is 0 Å². The molecule has 0 saturated heterocycles. The van der Waals surface area contributed by atoms with Crippen LogP contribution >= 0.6 is 0 Å². The fourth-order valence-corrected chi connectivity index (χ4v) is 2.66. The Morgan fingerprint density at radius 1 is 1.32 bits per heavy atom. The number of hydrogen-bond donors (Lipinski definition) is 2. The fourth-order valence-electron chi connectivity index (χ4n) is 2.66. The van der Waals surface area contributed by atoms with Crippen LogP contribution in [0.3, 0.4) is 0 Å². The molecule has 1 saturated carbocycles. The van der Waals surface area contributed by atoms with Gasteiger partial charge >= 0.3 is 0 Å². The van der Waals surface area contributed by atoms with Gasteiger partial charge in [-0.3, -0.25) is 9.78 Å². The summed E-state index contributed by atoms with van der Waals surface area (Å²) in [6.45, 7) is 1.43. The van der Waals surface area contributed by atoms with Crippen molar-refractivity contribution in [3.8, 4) is 0 Å². The summed E-state index contributed by atoms with van der Waals surface area (Å²) in [5, 5.41) is 3.02. The lowest BCUT2D eigenvalue weighted by molar-refractivity contribution is -0.126. The van der Waals surface area contributed by atoms with Crippen LogP contribution < -0.4 is 11.1 Å². The van der Waals surface area contributed by atoms with E-state index >= 15 is 0 Å². The molecule has 0 radical (unpaired) electrons. The summed E-state index contributed by atoms with van der Waals surface area (Å²) in [6, 6.07) is 5.86. The summed E-state index contributed by atoms with van der Waals surface area (Å²) in [6.07, 6.45) is 6.73. The highest BCUT2D eigenvalue weighted by molar-refractivity contribution is 5.78. The van der Waals surface area contributed by atoms with E-state index in [4.69, 9.17) is 5.73 Å². The molecule has 0 aliphatic heterocycles. The molecule has 1 aliphatic carbocycles. The molecule has 1 heterocycles. The van der Waals surface area contributed by atoms with Gasteiger partial charge in [-0.05, 0) is 50.3 Å². The standard InChI is InChI=1S/C15H23N3O/c16-11-12-4-6-13(7-5-12)15(19)18-10-8-14-3-1-2-9-17-14/h1-3,9,12-13H,4-8,10-11,16H2,(H,18,19). The van der Waals surface area contributed by atoms with E-state index in [1.165, 1.54) is 0 Å². The van der Waals surface area contributed by atoms with Gasteiger partial charge in [0.1, 0.15) is 0 Å². The lowest BCUT2D eigenvalue weighted by Gasteiger charge is -2.26. The van der Waals surface area contributed by atoms with Crippen LogP contribution in [-0.4, -0.2) is 24.0 Å². The third kappa shape index (κ3) is 4.31. The molecule has 2 rings (SSSR count). The molecule has 1 aliphatic rings. The third-order valence-electron chi connectivity index (χ3n) is 3.96. The van der Waals surface area contributed by atoms with Crippen LogP contribution in [0.5, 0.6) is 0 Å². The van der Waals surface area contributed by atoms with E-state index in [1.54, 1.807) is 6.20 Å². The topological polar surface area (TPSA) is 68.0 Å². The Hall–Kier alpha value is -1.42. The molecule has 4 heteroatoms. The Bertz CT molecular complexity index is 386. The molecular formula is C15H23N3O. The van der Waals surface area contributed by atoms with E-state index in [0.29, 0.717) is 12.5 Å². The SMILES string of the molecule is NCC1CCC(C(=O)NCCc2ccccn2)CC1. The number of amides is 1. The molecule has 1 amide bonds. The molecule has 0 unspecified atom stereocenters. The molecule has 3 N–H and O–H groups in total. The van der Waals surface area contributed by atoms with E-state index in [9.17, 15) is 4.79 Å². The number of aromatic nitrogens is 1. The Kier molecular flexibility index (Phi) is 5.33. The lowest BCUT2D eigenvalue weighted by Crippen LogP contribution is -2.35. The Labute approximate surface area is 114 Å². The smallest absolute Gasteiger partial charge is 0.223 e. The van der Waals surface area contributed by atoms with Gasteiger partial charge in [-0.25, -0.2) is 0 Å². The van der Waals surface area contributed by atoms with Gasteiger partial charge in [-0.2, -0.15) is 0 Å². The molecule has 0 spiro atoms. The summed E-state index contributed by atoms with van der Waals surface area (Å²) in [7, 11) is 0. The van der Waals surface area contributed by atoms with E-state index in [1.807, 2.05) is 18.2 Å². The van der Waals surface area contributed by atoms with Crippen LogP contribution in [0.15, 0.2) is 24.4 Å². The van der Waals surface area contributed by atoms with Crippen LogP contribution in [0.1, 0.15) is 31.4 Å². The van der Waals surface area contributed by atoms with Gasteiger partial charge in [0.2, 0.25) is 5.91 Å². The van der Waals surface area contributed by atoms with E-state index < -0.39 is 0 Å². The quantitative estimate of drug-likeness (QED) is 0.844. The van der Waals surface area contributed by atoms with Gasteiger partial charge in [-0.15, -0.1) is 0 Å². The maximum atomic E-state index is 12.0. The van der Waals surface area contributed by atoms with Gasteiger partial charge in [-0.1, -0.05) is 6.07 Å². The number of carbonyl (C=O) groups is 1. The Morgan fingerprint density at radius 3 is 2.74 bits per heavy atom. The number of hydrogen-bond acceptors (Lipinski definition) is 3. The maximum absolute atomic E-state index is 12.0. The van der Waals surface area contributed by atoms with Crippen molar-refractivity contribution >= 4 is 5.91 Å². The minimum atomic E-state index is 0.187. The zero-order valence-electron chi connectivity index (χ0n) is 11.3. The number of nitrogens with one attached hydrogen (secondary N) is 1. The zero-order chi connectivity index (χ0) is 13.5. The summed E-state index contributed by atoms with van der Waals surface area (Å²) in [5.41, 5.74) is 6.68. The molecule has 0 aromatic carbocycles. The molecule has 19 heavy (non-hydrogen) atoms. The first-order chi connectivity index (χ1) is 9.29. The van der Waals surface area contributed by atoms with Crippen molar-refractivity contribution in [3.05, 3.63) is 30.1 Å². The second-order valence-corrected chi connectivity index (χ2v) is 5.32. The minimum absolute atomic E-state index is 0.187. The van der Waals surface area contributed by atoms with E-state index in [2.05, 4.69) is 10.3 Å². The van der Waals surface area contributed by atoms with Gasteiger partial charge < -0.3 is 11.1 Å². The van der Waals surface area contributed by atoms with Crippen LogP contribution in [0.4, 0.5) is 0 Å². The number of nitrogens with two attached hydrogens (primary N) is 1. The maximum Gasteiger partial charge on any atom is 0.223 e. The average molecular weight is 261 g/mol. The number of pyridine rings is 1. The highest BCUT2D eigenvalue weighted by Gasteiger charge is 2.25. The predicted molar refractivity (Wildman–Crippen MR) is 75.5 cm³/mol. The highest BCUT2D eigenvalue weighted by atomic mass is 16.1. The molecular weight excluding hydrogens is 238 g/mol. The molecule has 1 aromatic rings.